The Labute approximate surface area is 171 Å². The molecule has 0 unspecified atom stereocenters. The van der Waals surface area contributed by atoms with Crippen molar-refractivity contribution in [1.82, 2.24) is 0 Å². The third kappa shape index (κ3) is 3.35. The second kappa shape index (κ2) is 6.67. The van der Waals surface area contributed by atoms with Crippen molar-refractivity contribution in [3.05, 3.63) is 60.7 Å². The zero-order valence-corrected chi connectivity index (χ0v) is 16.8. The molecular formula is C20H15NO7S2. The molecule has 0 fully saturated rings. The Kier molecular flexibility index (Phi) is 4.47. The molecule has 0 saturated carbocycles. The maximum absolute atomic E-state index is 12.1. The minimum absolute atomic E-state index is 0.0158. The summed E-state index contributed by atoms with van der Waals surface area (Å²) < 4.78 is 66.2. The molecule has 0 saturated heterocycles. The number of nitrogen functional groups attached to an aromatic ring is 1. The summed E-state index contributed by atoms with van der Waals surface area (Å²) in [7, 11) is -9.46. The van der Waals surface area contributed by atoms with Crippen LogP contribution in [0.25, 0.3) is 32.7 Å². The molecule has 0 aliphatic carbocycles. The van der Waals surface area contributed by atoms with E-state index in [1.807, 2.05) is 24.3 Å². The minimum atomic E-state index is -4.78. The fourth-order valence-electron chi connectivity index (χ4n) is 3.50. The highest BCUT2D eigenvalue weighted by Crippen LogP contribution is 2.43. The molecule has 0 heterocycles. The molecule has 0 radical (unpaired) electrons. The van der Waals surface area contributed by atoms with Crippen LogP contribution < -0.4 is 5.73 Å². The number of fused-ring (bicyclic) bond motifs is 2. The largest absolute Gasteiger partial charge is 0.507 e. The van der Waals surface area contributed by atoms with Crippen LogP contribution in [0, 0.1) is 0 Å². The third-order valence-corrected chi connectivity index (χ3v) is 6.52. The van der Waals surface area contributed by atoms with E-state index < -0.39 is 35.8 Å². The van der Waals surface area contributed by atoms with Crippen molar-refractivity contribution in [2.45, 2.75) is 9.79 Å². The highest BCUT2D eigenvalue weighted by molar-refractivity contribution is 7.86. The van der Waals surface area contributed by atoms with Gasteiger partial charge in [-0.2, -0.15) is 16.8 Å². The summed E-state index contributed by atoms with van der Waals surface area (Å²) >= 11 is 0. The fraction of sp³-hybridized carbons (Fsp3) is 0. The Morgan fingerprint density at radius 2 is 1.40 bits per heavy atom. The van der Waals surface area contributed by atoms with E-state index in [1.165, 1.54) is 0 Å². The van der Waals surface area contributed by atoms with Crippen molar-refractivity contribution in [3.8, 4) is 16.9 Å². The Bertz CT molecular complexity index is 1560. The molecule has 5 N–H and O–H groups in total. The Balaban J connectivity index is 2.15. The van der Waals surface area contributed by atoms with Crippen molar-refractivity contribution in [2.75, 3.05) is 5.73 Å². The summed E-state index contributed by atoms with van der Waals surface area (Å²) in [5.74, 6) is -0.568. The van der Waals surface area contributed by atoms with Gasteiger partial charge in [0.2, 0.25) is 0 Å². The van der Waals surface area contributed by atoms with E-state index in [0.717, 1.165) is 29.0 Å². The molecule has 0 spiro atoms. The van der Waals surface area contributed by atoms with Gasteiger partial charge in [-0.1, -0.05) is 36.4 Å². The Hall–Kier alpha value is -3.18. The molecule has 0 atom stereocenters. The van der Waals surface area contributed by atoms with E-state index in [0.29, 0.717) is 5.56 Å². The summed E-state index contributed by atoms with van der Waals surface area (Å²) in [6.07, 6.45) is 0. The van der Waals surface area contributed by atoms with Crippen molar-refractivity contribution in [2.24, 2.45) is 0 Å². The van der Waals surface area contributed by atoms with Crippen LogP contribution in [0.5, 0.6) is 5.75 Å². The van der Waals surface area contributed by atoms with Gasteiger partial charge in [0.05, 0.1) is 10.6 Å². The second-order valence-electron chi connectivity index (χ2n) is 6.72. The molecule has 0 aliphatic heterocycles. The number of phenols is 1. The summed E-state index contributed by atoms with van der Waals surface area (Å²) in [6.45, 7) is 0. The number of hydrogen-bond acceptors (Lipinski definition) is 6. The number of hydrogen-bond donors (Lipinski definition) is 4. The van der Waals surface area contributed by atoms with Crippen molar-refractivity contribution < 1.29 is 31.0 Å². The molecule has 0 aliphatic rings. The Morgan fingerprint density at radius 1 is 0.733 bits per heavy atom. The predicted molar refractivity (Wildman–Crippen MR) is 113 cm³/mol. The lowest BCUT2D eigenvalue weighted by molar-refractivity contribution is 0.471. The van der Waals surface area contributed by atoms with E-state index in [4.69, 9.17) is 5.73 Å². The number of rotatable bonds is 3. The van der Waals surface area contributed by atoms with Crippen molar-refractivity contribution in [3.63, 3.8) is 0 Å². The third-order valence-electron chi connectivity index (χ3n) is 4.81. The summed E-state index contributed by atoms with van der Waals surface area (Å²) in [6, 6.07) is 15.2. The normalized spacial score (nSPS) is 12.5. The number of nitrogens with two attached hydrogens (primary N) is 1. The highest BCUT2D eigenvalue weighted by atomic mass is 32.2. The maximum Gasteiger partial charge on any atom is 0.295 e. The quantitative estimate of drug-likeness (QED) is 0.276. The van der Waals surface area contributed by atoms with Gasteiger partial charge < -0.3 is 10.8 Å². The molecule has 4 aromatic carbocycles. The SMILES string of the molecule is Nc1c(-c2ccc3ccccc3c2)c(S(=O)(=O)O)cc2cc(S(=O)(=O)O)cc(O)c12. The fourth-order valence-corrected chi connectivity index (χ4v) is 4.79. The maximum atomic E-state index is 12.1. The molecular weight excluding hydrogens is 430 g/mol. The monoisotopic (exact) mass is 445 g/mol. The first kappa shape index (κ1) is 20.1. The Morgan fingerprint density at radius 3 is 2.03 bits per heavy atom. The lowest BCUT2D eigenvalue weighted by Crippen LogP contribution is -2.05. The second-order valence-corrected chi connectivity index (χ2v) is 9.53. The van der Waals surface area contributed by atoms with Gasteiger partial charge in [0, 0.05) is 17.0 Å². The van der Waals surface area contributed by atoms with Crippen LogP contribution in [0.2, 0.25) is 0 Å². The standard InChI is InChI=1S/C20H15NO7S2/c21-20-18-14(8-15(10-16(18)22)29(23,24)25)9-17(30(26,27)28)19(20)13-6-5-11-3-1-2-4-12(11)7-13/h1-10,22H,21H2,(H,23,24,25)(H,26,27,28). The van der Waals surface area contributed by atoms with Crippen LogP contribution in [0.3, 0.4) is 0 Å². The molecule has 0 amide bonds. The summed E-state index contributed by atoms with van der Waals surface area (Å²) in [5, 5.41) is 12.0. The van der Waals surface area contributed by atoms with Gasteiger partial charge in [0.25, 0.3) is 20.2 Å². The van der Waals surface area contributed by atoms with E-state index in [2.05, 4.69) is 0 Å². The van der Waals surface area contributed by atoms with Crippen LogP contribution >= 0.6 is 0 Å². The number of phenolic OH excluding ortho intramolecular Hbond substituents is 1. The lowest BCUT2D eigenvalue weighted by Gasteiger charge is -2.16. The van der Waals surface area contributed by atoms with Crippen LogP contribution in [-0.4, -0.2) is 31.0 Å². The van der Waals surface area contributed by atoms with Crippen LogP contribution in [-0.2, 0) is 20.2 Å². The first-order chi connectivity index (χ1) is 14.0. The van der Waals surface area contributed by atoms with Gasteiger partial charge in [-0.25, -0.2) is 0 Å². The zero-order valence-electron chi connectivity index (χ0n) is 15.1. The molecule has 0 aromatic heterocycles. The van der Waals surface area contributed by atoms with E-state index >= 15 is 0 Å². The van der Waals surface area contributed by atoms with E-state index in [1.54, 1.807) is 18.2 Å². The average molecular weight is 445 g/mol. The summed E-state index contributed by atoms with van der Waals surface area (Å²) in [4.78, 5) is -1.21. The number of benzene rings is 4. The van der Waals surface area contributed by atoms with Gasteiger partial charge in [-0.05, 0) is 39.9 Å². The first-order valence-electron chi connectivity index (χ1n) is 8.50. The molecule has 8 nitrogen and oxygen atoms in total. The molecule has 4 aromatic rings. The number of aromatic hydroxyl groups is 1. The van der Waals surface area contributed by atoms with Gasteiger partial charge in [0.1, 0.15) is 10.6 Å². The topological polar surface area (TPSA) is 155 Å². The molecule has 4 rings (SSSR count). The van der Waals surface area contributed by atoms with Gasteiger partial charge in [-0.15, -0.1) is 0 Å². The van der Waals surface area contributed by atoms with Gasteiger partial charge in [-0.3, -0.25) is 9.11 Å². The van der Waals surface area contributed by atoms with Crippen LogP contribution in [0.1, 0.15) is 0 Å². The van der Waals surface area contributed by atoms with Gasteiger partial charge in [0.15, 0.2) is 0 Å². The average Bonchev–Trinajstić information content (AvgIpc) is 2.65. The number of anilines is 1. The first-order valence-corrected chi connectivity index (χ1v) is 11.4. The van der Waals surface area contributed by atoms with Crippen molar-refractivity contribution >= 4 is 47.5 Å². The zero-order chi connectivity index (χ0) is 21.8. The molecule has 30 heavy (non-hydrogen) atoms. The molecule has 0 bridgehead atoms. The van der Waals surface area contributed by atoms with Gasteiger partial charge >= 0.3 is 0 Å². The van der Waals surface area contributed by atoms with Crippen LogP contribution in [0.15, 0.2) is 70.5 Å². The summed E-state index contributed by atoms with van der Waals surface area (Å²) in [5.41, 5.74) is 6.37. The highest BCUT2D eigenvalue weighted by Gasteiger charge is 2.24. The minimum Gasteiger partial charge on any atom is -0.507 e. The lowest BCUT2D eigenvalue weighted by atomic mass is 9.96. The molecule has 10 heteroatoms. The van der Waals surface area contributed by atoms with E-state index in [-0.39, 0.29) is 22.0 Å². The van der Waals surface area contributed by atoms with Crippen molar-refractivity contribution in [1.29, 1.82) is 0 Å². The molecule has 154 valence electrons. The predicted octanol–water partition coefficient (Wildman–Crippen LogP) is 3.44. The van der Waals surface area contributed by atoms with Crippen LogP contribution in [0.4, 0.5) is 5.69 Å². The smallest absolute Gasteiger partial charge is 0.295 e. The van der Waals surface area contributed by atoms with E-state index in [9.17, 15) is 31.0 Å².